The Morgan fingerprint density at radius 1 is 1.32 bits per heavy atom. The lowest BCUT2D eigenvalue weighted by molar-refractivity contribution is 0.283. The highest BCUT2D eigenvalue weighted by Gasteiger charge is 2.12. The molecule has 0 saturated heterocycles. The molecular formula is C16H13N3O2S. The molecule has 2 aromatic heterocycles. The van der Waals surface area contributed by atoms with Gasteiger partial charge in [-0.15, -0.1) is 11.3 Å². The topological polar surface area (TPSA) is 71.9 Å². The molecule has 22 heavy (non-hydrogen) atoms. The van der Waals surface area contributed by atoms with Gasteiger partial charge in [0.25, 0.3) is 5.89 Å². The smallest absolute Gasteiger partial charge is 0.268 e. The molecule has 0 amide bonds. The zero-order valence-electron chi connectivity index (χ0n) is 12.2. The van der Waals surface area contributed by atoms with Gasteiger partial charge in [0.05, 0.1) is 16.5 Å². The van der Waals surface area contributed by atoms with Crippen LogP contribution in [0.2, 0.25) is 0 Å². The van der Waals surface area contributed by atoms with Crippen LogP contribution < -0.4 is 4.74 Å². The molecule has 0 N–H and O–H groups in total. The minimum atomic E-state index is 0.225. The minimum Gasteiger partial charge on any atom is -0.485 e. The highest BCUT2D eigenvalue weighted by molar-refractivity contribution is 7.13. The van der Waals surface area contributed by atoms with Crippen LogP contribution in [0.3, 0.4) is 0 Å². The highest BCUT2D eigenvalue weighted by Crippen LogP contribution is 2.26. The minimum absolute atomic E-state index is 0.225. The molecule has 0 aliphatic carbocycles. The fourth-order valence-electron chi connectivity index (χ4n) is 2.19. The summed E-state index contributed by atoms with van der Waals surface area (Å²) in [5.74, 6) is 1.75. The number of rotatable bonds is 4. The standard InChI is InChI=1S/C16H13N3O2S/c1-10-6-12(8-17)7-11(2)15(10)20-9-14-18-16(21-19-14)13-4-3-5-22-13/h3-7H,9H2,1-2H3. The van der Waals surface area contributed by atoms with E-state index < -0.39 is 0 Å². The van der Waals surface area contributed by atoms with E-state index in [4.69, 9.17) is 14.5 Å². The third-order valence-electron chi connectivity index (χ3n) is 3.14. The molecule has 5 nitrogen and oxygen atoms in total. The van der Waals surface area contributed by atoms with E-state index in [1.165, 1.54) is 0 Å². The molecule has 0 fully saturated rings. The number of aromatic nitrogens is 2. The van der Waals surface area contributed by atoms with Crippen molar-refractivity contribution in [2.45, 2.75) is 20.5 Å². The fraction of sp³-hybridized carbons (Fsp3) is 0.188. The van der Waals surface area contributed by atoms with Crippen molar-refractivity contribution in [1.82, 2.24) is 10.1 Å². The molecule has 0 spiro atoms. The molecular weight excluding hydrogens is 298 g/mol. The molecule has 0 atom stereocenters. The summed E-state index contributed by atoms with van der Waals surface area (Å²) in [4.78, 5) is 5.25. The summed E-state index contributed by atoms with van der Waals surface area (Å²) in [6, 6.07) is 9.60. The Balaban J connectivity index is 1.75. The number of thiophene rings is 1. The van der Waals surface area contributed by atoms with Gasteiger partial charge in [-0.3, -0.25) is 0 Å². The molecule has 0 radical (unpaired) electrons. The van der Waals surface area contributed by atoms with E-state index >= 15 is 0 Å². The van der Waals surface area contributed by atoms with Crippen LogP contribution in [-0.2, 0) is 6.61 Å². The van der Waals surface area contributed by atoms with Gasteiger partial charge in [0.2, 0.25) is 5.82 Å². The van der Waals surface area contributed by atoms with Crippen molar-refractivity contribution in [3.05, 3.63) is 52.2 Å². The number of nitrogens with zero attached hydrogens (tertiary/aromatic N) is 3. The summed E-state index contributed by atoms with van der Waals surface area (Å²) in [7, 11) is 0. The van der Waals surface area contributed by atoms with E-state index in [1.807, 2.05) is 31.4 Å². The Bertz CT molecular complexity index is 808. The van der Waals surface area contributed by atoms with Crippen molar-refractivity contribution in [1.29, 1.82) is 5.26 Å². The van der Waals surface area contributed by atoms with Gasteiger partial charge < -0.3 is 9.26 Å². The van der Waals surface area contributed by atoms with Crippen molar-refractivity contribution in [2.24, 2.45) is 0 Å². The third-order valence-corrected chi connectivity index (χ3v) is 3.99. The monoisotopic (exact) mass is 311 g/mol. The molecule has 6 heteroatoms. The number of benzene rings is 1. The summed E-state index contributed by atoms with van der Waals surface area (Å²) < 4.78 is 11.0. The first-order chi connectivity index (χ1) is 10.7. The second-order valence-corrected chi connectivity index (χ2v) is 5.78. The summed E-state index contributed by atoms with van der Waals surface area (Å²) in [5.41, 5.74) is 2.46. The van der Waals surface area contributed by atoms with E-state index in [-0.39, 0.29) is 6.61 Å². The average Bonchev–Trinajstić information content (AvgIpc) is 3.17. The molecule has 0 aliphatic heterocycles. The van der Waals surface area contributed by atoms with Crippen LogP contribution >= 0.6 is 11.3 Å². The second kappa shape index (κ2) is 6.00. The van der Waals surface area contributed by atoms with Gasteiger partial charge in [-0.05, 0) is 48.6 Å². The Hall–Kier alpha value is -2.65. The predicted octanol–water partition coefficient (Wildman–Crippen LogP) is 3.87. The number of hydrogen-bond acceptors (Lipinski definition) is 6. The largest absolute Gasteiger partial charge is 0.485 e. The lowest BCUT2D eigenvalue weighted by Crippen LogP contribution is -2.01. The average molecular weight is 311 g/mol. The van der Waals surface area contributed by atoms with E-state index in [0.29, 0.717) is 17.3 Å². The van der Waals surface area contributed by atoms with Crippen molar-refractivity contribution >= 4 is 11.3 Å². The maximum atomic E-state index is 8.96. The summed E-state index contributed by atoms with van der Waals surface area (Å²) in [6.45, 7) is 4.05. The van der Waals surface area contributed by atoms with E-state index in [1.54, 1.807) is 23.5 Å². The van der Waals surface area contributed by atoms with Crippen molar-refractivity contribution < 1.29 is 9.26 Å². The van der Waals surface area contributed by atoms with Crippen LogP contribution in [0.1, 0.15) is 22.5 Å². The number of hydrogen-bond donors (Lipinski definition) is 0. The van der Waals surface area contributed by atoms with Crippen molar-refractivity contribution in [3.8, 4) is 22.6 Å². The van der Waals surface area contributed by atoms with Crippen LogP contribution in [0.25, 0.3) is 10.8 Å². The lowest BCUT2D eigenvalue weighted by atomic mass is 10.1. The van der Waals surface area contributed by atoms with Gasteiger partial charge in [0.1, 0.15) is 5.75 Å². The van der Waals surface area contributed by atoms with Crippen LogP contribution in [0.15, 0.2) is 34.2 Å². The van der Waals surface area contributed by atoms with Crippen molar-refractivity contribution in [3.63, 3.8) is 0 Å². The first kappa shape index (κ1) is 14.3. The fourth-order valence-corrected chi connectivity index (χ4v) is 2.84. The van der Waals surface area contributed by atoms with Gasteiger partial charge in [-0.2, -0.15) is 10.2 Å². The summed E-state index contributed by atoms with van der Waals surface area (Å²) in [5, 5.41) is 14.8. The molecule has 3 rings (SSSR count). The molecule has 0 unspecified atom stereocenters. The molecule has 1 aromatic carbocycles. The van der Waals surface area contributed by atoms with Gasteiger partial charge >= 0.3 is 0 Å². The first-order valence-corrected chi connectivity index (χ1v) is 7.56. The highest BCUT2D eigenvalue weighted by atomic mass is 32.1. The van der Waals surface area contributed by atoms with Crippen LogP contribution in [0.4, 0.5) is 0 Å². The van der Waals surface area contributed by atoms with E-state index in [0.717, 1.165) is 21.8 Å². The molecule has 0 aliphatic rings. The van der Waals surface area contributed by atoms with Gasteiger partial charge in [0.15, 0.2) is 6.61 Å². The van der Waals surface area contributed by atoms with Crippen LogP contribution in [0.5, 0.6) is 5.75 Å². The lowest BCUT2D eigenvalue weighted by Gasteiger charge is -2.10. The van der Waals surface area contributed by atoms with Crippen molar-refractivity contribution in [2.75, 3.05) is 0 Å². The van der Waals surface area contributed by atoms with Crippen LogP contribution in [-0.4, -0.2) is 10.1 Å². The second-order valence-electron chi connectivity index (χ2n) is 4.83. The quantitative estimate of drug-likeness (QED) is 0.731. The Morgan fingerprint density at radius 2 is 2.09 bits per heavy atom. The zero-order chi connectivity index (χ0) is 15.5. The zero-order valence-corrected chi connectivity index (χ0v) is 13.0. The first-order valence-electron chi connectivity index (χ1n) is 6.68. The Labute approximate surface area is 131 Å². The number of ether oxygens (including phenoxy) is 1. The van der Waals surface area contributed by atoms with Gasteiger partial charge in [-0.25, -0.2) is 0 Å². The summed E-state index contributed by atoms with van der Waals surface area (Å²) in [6.07, 6.45) is 0. The maximum absolute atomic E-state index is 8.96. The Kier molecular flexibility index (Phi) is 3.90. The number of nitriles is 1. The molecule has 0 bridgehead atoms. The Morgan fingerprint density at radius 3 is 2.73 bits per heavy atom. The van der Waals surface area contributed by atoms with Crippen LogP contribution in [0, 0.1) is 25.2 Å². The SMILES string of the molecule is Cc1cc(C#N)cc(C)c1OCc1noc(-c2cccs2)n1. The van der Waals surface area contributed by atoms with E-state index in [2.05, 4.69) is 16.2 Å². The molecule has 0 saturated carbocycles. The normalized spacial score (nSPS) is 10.4. The molecule has 2 heterocycles. The molecule has 3 aromatic rings. The third kappa shape index (κ3) is 2.85. The van der Waals surface area contributed by atoms with E-state index in [9.17, 15) is 0 Å². The van der Waals surface area contributed by atoms with Gasteiger partial charge in [-0.1, -0.05) is 11.2 Å². The number of aryl methyl sites for hydroxylation is 2. The molecule has 110 valence electrons. The van der Waals surface area contributed by atoms with Gasteiger partial charge in [0, 0.05) is 0 Å². The predicted molar refractivity (Wildman–Crippen MR) is 82.6 cm³/mol. The summed E-state index contributed by atoms with van der Waals surface area (Å²) >= 11 is 1.55. The maximum Gasteiger partial charge on any atom is 0.268 e.